The van der Waals surface area contributed by atoms with Crippen LogP contribution in [0.4, 0.5) is 0 Å². The van der Waals surface area contributed by atoms with Crippen LogP contribution >= 0.6 is 0 Å². The van der Waals surface area contributed by atoms with Crippen molar-refractivity contribution in [2.75, 3.05) is 20.7 Å². The van der Waals surface area contributed by atoms with Gasteiger partial charge >= 0.3 is 0 Å². The van der Waals surface area contributed by atoms with Crippen LogP contribution in [0.1, 0.15) is 43.7 Å². The first-order valence-corrected chi connectivity index (χ1v) is 9.02. The lowest BCUT2D eigenvalue weighted by Crippen LogP contribution is -2.51. The van der Waals surface area contributed by atoms with Crippen LogP contribution < -0.4 is 0 Å². The van der Waals surface area contributed by atoms with Crippen molar-refractivity contribution in [3.05, 3.63) is 35.4 Å². The molecule has 0 unspecified atom stereocenters. The number of amides is 2. The van der Waals surface area contributed by atoms with Gasteiger partial charge in [0, 0.05) is 40.6 Å². The summed E-state index contributed by atoms with van der Waals surface area (Å²) < 4.78 is 5.57. The zero-order valence-corrected chi connectivity index (χ0v) is 15.8. The van der Waals surface area contributed by atoms with Crippen LogP contribution in [0.5, 0.6) is 0 Å². The van der Waals surface area contributed by atoms with Gasteiger partial charge in [0.1, 0.15) is 0 Å². The molecule has 1 aliphatic heterocycles. The Bertz CT molecular complexity index is 602. The van der Waals surface area contributed by atoms with Crippen LogP contribution in [0.2, 0.25) is 0 Å². The first-order chi connectivity index (χ1) is 11.9. The summed E-state index contributed by atoms with van der Waals surface area (Å²) >= 11 is 0. The summed E-state index contributed by atoms with van der Waals surface area (Å²) in [6.45, 7) is 5.01. The number of carbonyl (C=O) groups is 2. The highest BCUT2D eigenvalue weighted by atomic mass is 16.5. The third-order valence-electron chi connectivity index (χ3n) is 5.01. The second-order valence-corrected chi connectivity index (χ2v) is 6.97. The smallest absolute Gasteiger partial charge is 0.222 e. The van der Waals surface area contributed by atoms with Crippen molar-refractivity contribution in [2.24, 2.45) is 0 Å². The van der Waals surface area contributed by atoms with E-state index in [0.717, 1.165) is 24.9 Å². The largest absolute Gasteiger partial charge is 0.379 e. The van der Waals surface area contributed by atoms with Gasteiger partial charge in [0.25, 0.3) is 0 Å². The third-order valence-corrected chi connectivity index (χ3v) is 5.01. The van der Waals surface area contributed by atoms with E-state index in [4.69, 9.17) is 4.74 Å². The van der Waals surface area contributed by atoms with Crippen molar-refractivity contribution in [1.29, 1.82) is 0 Å². The fourth-order valence-corrected chi connectivity index (χ4v) is 3.66. The zero-order chi connectivity index (χ0) is 18.4. The number of methoxy groups -OCH3 is 1. The summed E-state index contributed by atoms with van der Waals surface area (Å²) in [5.74, 6) is 0.165. The number of rotatable bonds is 6. The van der Waals surface area contributed by atoms with E-state index in [1.807, 2.05) is 24.1 Å². The number of likely N-dealkylation sites (tertiary alicyclic amines) is 1. The Hall–Kier alpha value is -1.88. The molecule has 0 N–H and O–H groups in total. The lowest BCUT2D eigenvalue weighted by Gasteiger charge is -2.40. The molecule has 2 rings (SSSR count). The maximum Gasteiger partial charge on any atom is 0.222 e. The lowest BCUT2D eigenvalue weighted by molar-refractivity contribution is -0.139. The lowest BCUT2D eigenvalue weighted by atomic mass is 9.94. The summed E-state index contributed by atoms with van der Waals surface area (Å²) in [6, 6.07) is 8.20. The molecule has 1 aromatic rings. The second-order valence-electron chi connectivity index (χ2n) is 6.97. The highest BCUT2D eigenvalue weighted by Gasteiger charge is 2.33. The molecule has 0 aromatic heterocycles. The van der Waals surface area contributed by atoms with Gasteiger partial charge in [0.15, 0.2) is 0 Å². The number of ether oxygens (including phenoxy) is 1. The van der Waals surface area contributed by atoms with Gasteiger partial charge in [-0.2, -0.15) is 0 Å². The Labute approximate surface area is 150 Å². The second kappa shape index (κ2) is 8.99. The van der Waals surface area contributed by atoms with Crippen LogP contribution in [0, 0.1) is 6.92 Å². The van der Waals surface area contributed by atoms with Crippen LogP contribution in [0.15, 0.2) is 24.3 Å². The minimum atomic E-state index is -0.00688. The Morgan fingerprint density at radius 1 is 1.36 bits per heavy atom. The summed E-state index contributed by atoms with van der Waals surface area (Å²) in [5, 5.41) is 0. The van der Waals surface area contributed by atoms with Crippen molar-refractivity contribution in [3.8, 4) is 0 Å². The average Bonchev–Trinajstić information content (AvgIpc) is 2.59. The molecule has 1 fully saturated rings. The monoisotopic (exact) mass is 346 g/mol. The zero-order valence-electron chi connectivity index (χ0n) is 15.8. The molecule has 1 aromatic carbocycles. The van der Waals surface area contributed by atoms with Crippen molar-refractivity contribution >= 4 is 11.8 Å². The molecule has 2 amide bonds. The number of nitrogens with zero attached hydrogens (tertiary/aromatic N) is 2. The molecule has 0 radical (unpaired) electrons. The number of carbonyl (C=O) groups excluding carboxylic acids is 2. The predicted octanol–water partition coefficient (Wildman–Crippen LogP) is 2.76. The SMILES string of the molecule is CO[C@H]1CCCN(C(C)=O)[C@H]1CCC(=O)N(C)Cc1cccc(C)c1. The van der Waals surface area contributed by atoms with Gasteiger partial charge in [0.2, 0.25) is 11.8 Å². The summed E-state index contributed by atoms with van der Waals surface area (Å²) in [6.07, 6.45) is 2.99. The average molecular weight is 346 g/mol. The minimum absolute atomic E-state index is 0.00688. The van der Waals surface area contributed by atoms with Crippen molar-refractivity contribution < 1.29 is 14.3 Å². The minimum Gasteiger partial charge on any atom is -0.379 e. The van der Waals surface area contributed by atoms with Gasteiger partial charge < -0.3 is 14.5 Å². The summed E-state index contributed by atoms with van der Waals surface area (Å²) in [4.78, 5) is 28.1. The summed E-state index contributed by atoms with van der Waals surface area (Å²) in [7, 11) is 3.52. The number of benzene rings is 1. The summed E-state index contributed by atoms with van der Waals surface area (Å²) in [5.41, 5.74) is 2.33. The Balaban J connectivity index is 1.93. The molecule has 138 valence electrons. The van der Waals surface area contributed by atoms with Crippen molar-refractivity contribution in [2.45, 2.75) is 58.2 Å². The fraction of sp³-hybridized carbons (Fsp3) is 0.600. The topological polar surface area (TPSA) is 49.9 Å². The van der Waals surface area contributed by atoms with Crippen LogP contribution in [-0.2, 0) is 20.9 Å². The Kier molecular flexibility index (Phi) is 7.00. The predicted molar refractivity (Wildman–Crippen MR) is 98.1 cm³/mol. The first kappa shape index (κ1) is 19.4. The molecule has 0 aliphatic carbocycles. The van der Waals surface area contributed by atoms with Crippen LogP contribution in [0.25, 0.3) is 0 Å². The van der Waals surface area contributed by atoms with E-state index in [0.29, 0.717) is 19.4 Å². The molecule has 5 nitrogen and oxygen atoms in total. The standard InChI is InChI=1S/C20H30N2O3/c1-15-7-5-8-17(13-15)14-21(3)20(24)11-10-18-19(25-4)9-6-12-22(18)16(2)23/h5,7-8,13,18-19H,6,9-12,14H2,1-4H3/t18-,19-/m0/s1. The van der Waals surface area contributed by atoms with Crippen LogP contribution in [0.3, 0.4) is 0 Å². The van der Waals surface area contributed by atoms with E-state index in [2.05, 4.69) is 19.1 Å². The molecule has 0 bridgehead atoms. The maximum absolute atomic E-state index is 12.5. The fourth-order valence-electron chi connectivity index (χ4n) is 3.66. The molecule has 2 atom stereocenters. The molecule has 1 saturated heterocycles. The van der Waals surface area contributed by atoms with E-state index in [9.17, 15) is 9.59 Å². The quantitative estimate of drug-likeness (QED) is 0.796. The first-order valence-electron chi connectivity index (χ1n) is 9.02. The molecule has 25 heavy (non-hydrogen) atoms. The molecular formula is C20H30N2O3. The van der Waals surface area contributed by atoms with E-state index in [1.165, 1.54) is 5.56 Å². The number of piperidine rings is 1. The molecule has 5 heteroatoms. The third kappa shape index (κ3) is 5.30. The van der Waals surface area contributed by atoms with Crippen LogP contribution in [-0.4, -0.2) is 54.5 Å². The highest BCUT2D eigenvalue weighted by molar-refractivity contribution is 5.76. The van der Waals surface area contributed by atoms with E-state index in [1.54, 1.807) is 18.9 Å². The Morgan fingerprint density at radius 3 is 2.76 bits per heavy atom. The highest BCUT2D eigenvalue weighted by Crippen LogP contribution is 2.24. The number of hydrogen-bond acceptors (Lipinski definition) is 3. The van der Waals surface area contributed by atoms with Gasteiger partial charge in [-0.1, -0.05) is 29.8 Å². The van der Waals surface area contributed by atoms with E-state index >= 15 is 0 Å². The van der Waals surface area contributed by atoms with E-state index in [-0.39, 0.29) is 24.0 Å². The normalized spacial score (nSPS) is 20.4. The van der Waals surface area contributed by atoms with E-state index < -0.39 is 0 Å². The van der Waals surface area contributed by atoms with Crippen molar-refractivity contribution in [1.82, 2.24) is 9.80 Å². The molecule has 1 aliphatic rings. The molecule has 0 spiro atoms. The molecule has 1 heterocycles. The van der Waals surface area contributed by atoms with Crippen molar-refractivity contribution in [3.63, 3.8) is 0 Å². The molecular weight excluding hydrogens is 316 g/mol. The van der Waals surface area contributed by atoms with Gasteiger partial charge in [-0.3, -0.25) is 9.59 Å². The molecule has 0 saturated carbocycles. The van der Waals surface area contributed by atoms with Gasteiger partial charge in [-0.25, -0.2) is 0 Å². The van der Waals surface area contributed by atoms with Gasteiger partial charge in [0.05, 0.1) is 12.1 Å². The van der Waals surface area contributed by atoms with Gasteiger partial charge in [-0.15, -0.1) is 0 Å². The number of hydrogen-bond donors (Lipinski definition) is 0. The Morgan fingerprint density at radius 2 is 2.12 bits per heavy atom. The van der Waals surface area contributed by atoms with Gasteiger partial charge in [-0.05, 0) is 31.7 Å². The number of aryl methyl sites for hydroxylation is 1. The maximum atomic E-state index is 12.5.